The van der Waals surface area contributed by atoms with Gasteiger partial charge >= 0.3 is 5.97 Å². The number of nitrogens with zero attached hydrogens (tertiary/aromatic N) is 1. The van der Waals surface area contributed by atoms with Crippen LogP contribution in [-0.2, 0) is 24.3 Å². The van der Waals surface area contributed by atoms with Crippen LogP contribution in [0.25, 0.3) is 0 Å². The number of carbonyl (C=O) groups is 1. The average Bonchev–Trinajstić information content (AvgIpc) is 2.77. The molecule has 6 nitrogen and oxygen atoms in total. The maximum Gasteiger partial charge on any atom is 0.326 e. The first-order valence-electron chi connectivity index (χ1n) is 6.12. The van der Waals surface area contributed by atoms with Crippen molar-refractivity contribution in [3.8, 4) is 0 Å². The van der Waals surface area contributed by atoms with E-state index in [0.29, 0.717) is 0 Å². The first kappa shape index (κ1) is 15.4. The molecule has 2 rings (SSSR count). The fourth-order valence-corrected chi connectivity index (χ4v) is 5.26. The lowest BCUT2D eigenvalue weighted by Crippen LogP contribution is -2.52. The molecule has 20 heavy (non-hydrogen) atoms. The molecule has 1 aromatic heterocycles. The zero-order chi connectivity index (χ0) is 14.9. The van der Waals surface area contributed by atoms with E-state index in [-0.39, 0.29) is 24.7 Å². The Morgan fingerprint density at radius 3 is 2.75 bits per heavy atom. The summed E-state index contributed by atoms with van der Waals surface area (Å²) in [6.07, 6.45) is 0. The van der Waals surface area contributed by atoms with E-state index in [4.69, 9.17) is 4.74 Å². The Labute approximate surface area is 122 Å². The summed E-state index contributed by atoms with van der Waals surface area (Å²) in [6, 6.07) is 0.720. The van der Waals surface area contributed by atoms with Crippen LogP contribution in [0.3, 0.4) is 0 Å². The highest BCUT2D eigenvalue weighted by Crippen LogP contribution is 2.29. The zero-order valence-electron chi connectivity index (χ0n) is 11.6. The summed E-state index contributed by atoms with van der Waals surface area (Å²) >= 11 is 1.42. The average molecular weight is 319 g/mol. The van der Waals surface area contributed by atoms with Crippen LogP contribution >= 0.6 is 11.3 Å². The van der Waals surface area contributed by atoms with Crippen molar-refractivity contribution in [2.75, 3.05) is 26.9 Å². The summed E-state index contributed by atoms with van der Waals surface area (Å²) in [4.78, 5) is 13.6. The van der Waals surface area contributed by atoms with Crippen molar-refractivity contribution in [2.24, 2.45) is 0 Å². The molecule has 0 aromatic carbocycles. The number of thiophene rings is 1. The van der Waals surface area contributed by atoms with Crippen LogP contribution in [-0.4, -0.2) is 51.6 Å². The van der Waals surface area contributed by atoms with Gasteiger partial charge < -0.3 is 9.47 Å². The summed E-state index contributed by atoms with van der Waals surface area (Å²) in [5.41, 5.74) is 0. The van der Waals surface area contributed by atoms with Crippen LogP contribution in [0, 0.1) is 13.8 Å². The van der Waals surface area contributed by atoms with Crippen molar-refractivity contribution in [1.82, 2.24) is 4.31 Å². The van der Waals surface area contributed by atoms with E-state index in [1.807, 2.05) is 6.92 Å². The molecule has 2 heterocycles. The Morgan fingerprint density at radius 2 is 2.20 bits per heavy atom. The van der Waals surface area contributed by atoms with Gasteiger partial charge in [0.2, 0.25) is 10.0 Å². The molecule has 0 saturated carbocycles. The van der Waals surface area contributed by atoms with Crippen LogP contribution in [0.15, 0.2) is 11.0 Å². The van der Waals surface area contributed by atoms with E-state index in [0.717, 1.165) is 9.75 Å². The van der Waals surface area contributed by atoms with E-state index in [1.165, 1.54) is 22.8 Å². The SMILES string of the molecule is COC(=O)C1COCCN1S(=O)(=O)c1cc(C)sc1C. The van der Waals surface area contributed by atoms with E-state index in [2.05, 4.69) is 4.74 Å². The number of esters is 1. The Kier molecular flexibility index (Phi) is 4.48. The van der Waals surface area contributed by atoms with Crippen molar-refractivity contribution in [2.45, 2.75) is 24.8 Å². The van der Waals surface area contributed by atoms with Crippen molar-refractivity contribution >= 4 is 27.3 Å². The molecular weight excluding hydrogens is 302 g/mol. The van der Waals surface area contributed by atoms with Gasteiger partial charge in [-0.15, -0.1) is 11.3 Å². The largest absolute Gasteiger partial charge is 0.468 e. The summed E-state index contributed by atoms with van der Waals surface area (Å²) < 4.78 is 36.5. The Morgan fingerprint density at radius 1 is 1.50 bits per heavy atom. The van der Waals surface area contributed by atoms with Crippen LogP contribution in [0.5, 0.6) is 0 Å². The van der Waals surface area contributed by atoms with Gasteiger partial charge in [0, 0.05) is 16.3 Å². The van der Waals surface area contributed by atoms with Crippen LogP contribution in [0.2, 0.25) is 0 Å². The highest BCUT2D eigenvalue weighted by atomic mass is 32.2. The molecule has 0 radical (unpaired) electrons. The third kappa shape index (κ3) is 2.73. The second kappa shape index (κ2) is 5.80. The Balaban J connectivity index is 2.40. The van der Waals surface area contributed by atoms with Crippen LogP contribution in [0.4, 0.5) is 0 Å². The monoisotopic (exact) mass is 319 g/mol. The fourth-order valence-electron chi connectivity index (χ4n) is 2.19. The Hall–Kier alpha value is -0.960. The van der Waals surface area contributed by atoms with E-state index in [1.54, 1.807) is 13.0 Å². The minimum atomic E-state index is -3.71. The molecule has 0 aliphatic carbocycles. The molecule has 1 aliphatic rings. The first-order valence-corrected chi connectivity index (χ1v) is 8.38. The maximum absolute atomic E-state index is 12.7. The predicted molar refractivity (Wildman–Crippen MR) is 74.3 cm³/mol. The molecular formula is C12H17NO5S2. The van der Waals surface area contributed by atoms with Crippen molar-refractivity contribution in [3.63, 3.8) is 0 Å². The highest BCUT2D eigenvalue weighted by molar-refractivity contribution is 7.89. The highest BCUT2D eigenvalue weighted by Gasteiger charge is 2.40. The van der Waals surface area contributed by atoms with Gasteiger partial charge in [0.05, 0.1) is 25.2 Å². The van der Waals surface area contributed by atoms with Crippen molar-refractivity contribution < 1.29 is 22.7 Å². The molecule has 1 aromatic rings. The minimum absolute atomic E-state index is 0.0219. The smallest absolute Gasteiger partial charge is 0.326 e. The van der Waals surface area contributed by atoms with Gasteiger partial charge in [-0.2, -0.15) is 4.31 Å². The predicted octanol–water partition coefficient (Wildman–Crippen LogP) is 0.927. The van der Waals surface area contributed by atoms with E-state index in [9.17, 15) is 13.2 Å². The molecule has 0 spiro atoms. The molecule has 1 fully saturated rings. The molecule has 1 atom stereocenters. The number of hydrogen-bond donors (Lipinski definition) is 0. The number of methoxy groups -OCH3 is 1. The molecule has 112 valence electrons. The van der Waals surface area contributed by atoms with Gasteiger partial charge in [0.15, 0.2) is 0 Å². The summed E-state index contributed by atoms with van der Waals surface area (Å²) in [5, 5.41) is 0. The molecule has 0 bridgehead atoms. The number of sulfonamides is 1. The van der Waals surface area contributed by atoms with Gasteiger partial charge in [-0.05, 0) is 19.9 Å². The summed E-state index contributed by atoms with van der Waals surface area (Å²) in [5.74, 6) is -0.599. The van der Waals surface area contributed by atoms with Crippen molar-refractivity contribution in [1.29, 1.82) is 0 Å². The van der Waals surface area contributed by atoms with E-state index >= 15 is 0 Å². The second-order valence-corrected chi connectivity index (χ2v) is 7.83. The molecule has 1 saturated heterocycles. The van der Waals surface area contributed by atoms with Crippen molar-refractivity contribution in [3.05, 3.63) is 15.8 Å². The topological polar surface area (TPSA) is 72.9 Å². The normalized spacial score (nSPS) is 20.9. The summed E-state index contributed by atoms with van der Waals surface area (Å²) in [6.45, 7) is 4.06. The quantitative estimate of drug-likeness (QED) is 0.775. The molecule has 0 N–H and O–H groups in total. The number of morpholine rings is 1. The van der Waals surface area contributed by atoms with Gasteiger partial charge in [-0.25, -0.2) is 8.42 Å². The lowest BCUT2D eigenvalue weighted by molar-refractivity contribution is -0.149. The zero-order valence-corrected chi connectivity index (χ0v) is 13.2. The van der Waals surface area contributed by atoms with Gasteiger partial charge in [0.25, 0.3) is 0 Å². The standard InChI is InChI=1S/C12H17NO5S2/c1-8-6-11(9(2)19-8)20(15,16)13-4-5-18-7-10(13)12(14)17-3/h6,10H,4-5,7H2,1-3H3. The molecule has 0 amide bonds. The summed E-state index contributed by atoms with van der Waals surface area (Å²) in [7, 11) is -2.48. The molecule has 8 heteroatoms. The third-order valence-corrected chi connectivity index (χ3v) is 6.26. The Bertz CT molecular complexity index is 607. The number of aryl methyl sites for hydroxylation is 2. The second-order valence-electron chi connectivity index (χ2n) is 4.51. The number of carbonyl (C=O) groups excluding carboxylic acids is 1. The van der Waals surface area contributed by atoms with E-state index < -0.39 is 22.0 Å². The number of rotatable bonds is 3. The van der Waals surface area contributed by atoms with Gasteiger partial charge in [-0.3, -0.25) is 4.79 Å². The minimum Gasteiger partial charge on any atom is -0.468 e. The lowest BCUT2D eigenvalue weighted by atomic mass is 10.3. The lowest BCUT2D eigenvalue weighted by Gasteiger charge is -2.32. The van der Waals surface area contributed by atoms with Gasteiger partial charge in [0.1, 0.15) is 6.04 Å². The van der Waals surface area contributed by atoms with Crippen LogP contribution in [0.1, 0.15) is 9.75 Å². The van der Waals surface area contributed by atoms with Crippen LogP contribution < -0.4 is 0 Å². The first-order chi connectivity index (χ1) is 9.37. The number of hydrogen-bond acceptors (Lipinski definition) is 6. The third-order valence-electron chi connectivity index (χ3n) is 3.13. The maximum atomic E-state index is 12.7. The fraction of sp³-hybridized carbons (Fsp3) is 0.583. The number of ether oxygens (including phenoxy) is 2. The van der Waals surface area contributed by atoms with Gasteiger partial charge in [-0.1, -0.05) is 0 Å². The molecule has 1 aliphatic heterocycles. The molecule has 1 unspecified atom stereocenters.